The van der Waals surface area contributed by atoms with Gasteiger partial charge in [-0.15, -0.1) is 11.3 Å². The number of hydrogen-bond acceptors (Lipinski definition) is 4. The summed E-state index contributed by atoms with van der Waals surface area (Å²) in [6.07, 6.45) is 0.206. The van der Waals surface area contributed by atoms with Crippen molar-refractivity contribution < 1.29 is 14.7 Å². The Morgan fingerprint density at radius 2 is 2.22 bits per heavy atom. The predicted molar refractivity (Wildman–Crippen MR) is 69.7 cm³/mol. The molecule has 1 heterocycles. The maximum absolute atomic E-state index is 12.1. The normalized spacial score (nSPS) is 12.2. The summed E-state index contributed by atoms with van der Waals surface area (Å²) in [6, 6.07) is -0.292. The van der Waals surface area contributed by atoms with Crippen LogP contribution in [0.4, 0.5) is 0 Å². The number of carboxylic acids is 1. The monoisotopic (exact) mass is 270 g/mol. The van der Waals surface area contributed by atoms with E-state index in [0.717, 1.165) is 10.7 Å². The molecule has 1 aromatic rings. The number of aliphatic carboxylic acids is 1. The van der Waals surface area contributed by atoms with E-state index in [1.807, 2.05) is 19.2 Å². The van der Waals surface area contributed by atoms with Crippen molar-refractivity contribution in [2.24, 2.45) is 0 Å². The number of rotatable bonds is 6. The van der Waals surface area contributed by atoms with Gasteiger partial charge in [-0.3, -0.25) is 9.59 Å². The largest absolute Gasteiger partial charge is 0.481 e. The molecule has 0 aromatic carbocycles. The van der Waals surface area contributed by atoms with Crippen LogP contribution in [0.1, 0.15) is 31.0 Å². The molecular formula is C12H18N2O3S. The molecule has 0 aliphatic heterocycles. The van der Waals surface area contributed by atoms with Gasteiger partial charge < -0.3 is 10.0 Å². The van der Waals surface area contributed by atoms with E-state index in [1.165, 1.54) is 11.3 Å². The fourth-order valence-corrected chi connectivity index (χ4v) is 2.46. The summed E-state index contributed by atoms with van der Waals surface area (Å²) in [4.78, 5) is 28.6. The van der Waals surface area contributed by atoms with Crippen molar-refractivity contribution in [3.63, 3.8) is 0 Å². The first-order valence-corrected chi connectivity index (χ1v) is 6.74. The third-order valence-electron chi connectivity index (χ3n) is 2.66. The second-order valence-corrected chi connectivity index (χ2v) is 5.22. The molecule has 1 unspecified atom stereocenters. The number of amides is 1. The molecule has 1 N–H and O–H groups in total. The molecule has 1 rings (SSSR count). The number of aromatic nitrogens is 1. The minimum absolute atomic E-state index is 0.0321. The van der Waals surface area contributed by atoms with Gasteiger partial charge in [0.2, 0.25) is 5.91 Å². The SMILES string of the molecule is CCN(C(=O)Cc1csc(C)n1)C(C)CC(=O)O. The molecule has 1 amide bonds. The maximum Gasteiger partial charge on any atom is 0.305 e. The lowest BCUT2D eigenvalue weighted by Crippen LogP contribution is -2.40. The first-order chi connectivity index (χ1) is 8.43. The Kier molecular flexibility index (Phi) is 5.27. The molecule has 5 nitrogen and oxygen atoms in total. The van der Waals surface area contributed by atoms with Gasteiger partial charge >= 0.3 is 5.97 Å². The van der Waals surface area contributed by atoms with Crippen molar-refractivity contribution in [3.8, 4) is 0 Å². The molecule has 0 bridgehead atoms. The van der Waals surface area contributed by atoms with Gasteiger partial charge in [-0.05, 0) is 20.8 Å². The van der Waals surface area contributed by atoms with Crippen molar-refractivity contribution in [2.45, 2.75) is 39.7 Å². The van der Waals surface area contributed by atoms with Gasteiger partial charge in [0.15, 0.2) is 0 Å². The van der Waals surface area contributed by atoms with Crippen molar-refractivity contribution in [1.29, 1.82) is 0 Å². The van der Waals surface area contributed by atoms with E-state index < -0.39 is 5.97 Å². The number of carbonyl (C=O) groups is 2. The number of carboxylic acid groups (broad SMARTS) is 1. The van der Waals surface area contributed by atoms with E-state index in [1.54, 1.807) is 11.8 Å². The number of thiazole rings is 1. The van der Waals surface area contributed by atoms with Gasteiger partial charge in [0, 0.05) is 18.0 Å². The second-order valence-electron chi connectivity index (χ2n) is 4.16. The molecule has 0 fully saturated rings. The van der Waals surface area contributed by atoms with Gasteiger partial charge in [0.25, 0.3) is 0 Å². The van der Waals surface area contributed by atoms with Gasteiger partial charge in [0.1, 0.15) is 0 Å². The molecule has 6 heteroatoms. The van der Waals surface area contributed by atoms with Crippen molar-refractivity contribution in [1.82, 2.24) is 9.88 Å². The molecule has 0 spiro atoms. The van der Waals surface area contributed by atoms with Crippen LogP contribution < -0.4 is 0 Å². The van der Waals surface area contributed by atoms with Gasteiger partial charge in [-0.25, -0.2) is 4.98 Å². The smallest absolute Gasteiger partial charge is 0.305 e. The summed E-state index contributed by atoms with van der Waals surface area (Å²) in [5, 5.41) is 11.5. The average Bonchev–Trinajstić information content (AvgIpc) is 2.63. The molecular weight excluding hydrogens is 252 g/mol. The standard InChI is InChI=1S/C12H18N2O3S/c1-4-14(8(2)5-12(16)17)11(15)6-10-7-18-9(3)13-10/h7-8H,4-6H2,1-3H3,(H,16,17). The van der Waals surface area contributed by atoms with Crippen LogP contribution >= 0.6 is 11.3 Å². The first kappa shape index (κ1) is 14.6. The first-order valence-electron chi connectivity index (χ1n) is 5.86. The zero-order chi connectivity index (χ0) is 13.7. The fourth-order valence-electron chi connectivity index (χ4n) is 1.84. The zero-order valence-electron chi connectivity index (χ0n) is 10.8. The quantitative estimate of drug-likeness (QED) is 0.854. The number of carbonyl (C=O) groups excluding carboxylic acids is 1. The molecule has 18 heavy (non-hydrogen) atoms. The van der Waals surface area contributed by atoms with Crippen LogP contribution in [0, 0.1) is 6.92 Å². The number of aryl methyl sites for hydroxylation is 1. The highest BCUT2D eigenvalue weighted by atomic mass is 32.1. The van der Waals surface area contributed by atoms with Crippen LogP contribution in [0.5, 0.6) is 0 Å². The minimum atomic E-state index is -0.891. The lowest BCUT2D eigenvalue weighted by Gasteiger charge is -2.26. The van der Waals surface area contributed by atoms with E-state index in [-0.39, 0.29) is 24.8 Å². The Bertz CT molecular complexity index is 431. The molecule has 100 valence electrons. The summed E-state index contributed by atoms with van der Waals surface area (Å²) >= 11 is 1.51. The van der Waals surface area contributed by atoms with Crippen LogP contribution in [-0.4, -0.2) is 39.5 Å². The second kappa shape index (κ2) is 6.49. The Labute approximate surface area is 110 Å². The van der Waals surface area contributed by atoms with E-state index in [4.69, 9.17) is 5.11 Å². The molecule has 0 aliphatic rings. The topological polar surface area (TPSA) is 70.5 Å². The number of nitrogens with zero attached hydrogens (tertiary/aromatic N) is 2. The van der Waals surface area contributed by atoms with Crippen LogP contribution in [-0.2, 0) is 16.0 Å². The molecule has 1 aromatic heterocycles. The third kappa shape index (κ3) is 4.10. The Morgan fingerprint density at radius 3 is 2.67 bits per heavy atom. The third-order valence-corrected chi connectivity index (χ3v) is 3.48. The van der Waals surface area contributed by atoms with E-state index in [0.29, 0.717) is 6.54 Å². The molecule has 0 aliphatic carbocycles. The zero-order valence-corrected chi connectivity index (χ0v) is 11.7. The summed E-state index contributed by atoms with van der Waals surface area (Å²) in [7, 11) is 0. The molecule has 0 radical (unpaired) electrons. The summed E-state index contributed by atoms with van der Waals surface area (Å²) in [6.45, 7) is 6.00. The van der Waals surface area contributed by atoms with Crippen LogP contribution in [0.2, 0.25) is 0 Å². The van der Waals surface area contributed by atoms with Crippen molar-refractivity contribution >= 4 is 23.2 Å². The summed E-state index contributed by atoms with van der Waals surface area (Å²) < 4.78 is 0. The minimum Gasteiger partial charge on any atom is -0.481 e. The van der Waals surface area contributed by atoms with Crippen LogP contribution in [0.15, 0.2) is 5.38 Å². The Balaban J connectivity index is 2.64. The highest BCUT2D eigenvalue weighted by Crippen LogP contribution is 2.12. The van der Waals surface area contributed by atoms with Gasteiger partial charge in [-0.2, -0.15) is 0 Å². The number of likely N-dealkylation sites (N-methyl/N-ethyl adjacent to an activating group) is 1. The molecule has 0 saturated carbocycles. The summed E-state index contributed by atoms with van der Waals surface area (Å²) in [5.41, 5.74) is 0.753. The van der Waals surface area contributed by atoms with Crippen LogP contribution in [0.25, 0.3) is 0 Å². The van der Waals surface area contributed by atoms with Crippen molar-refractivity contribution in [3.05, 3.63) is 16.1 Å². The predicted octanol–water partition coefficient (Wildman–Crippen LogP) is 1.71. The summed E-state index contributed by atoms with van der Waals surface area (Å²) in [5.74, 6) is -0.963. The Hall–Kier alpha value is -1.43. The lowest BCUT2D eigenvalue weighted by molar-refractivity contribution is -0.140. The van der Waals surface area contributed by atoms with Gasteiger partial charge in [-0.1, -0.05) is 0 Å². The maximum atomic E-state index is 12.1. The van der Waals surface area contributed by atoms with E-state index >= 15 is 0 Å². The molecule has 0 saturated heterocycles. The Morgan fingerprint density at radius 1 is 1.56 bits per heavy atom. The van der Waals surface area contributed by atoms with Crippen molar-refractivity contribution in [2.75, 3.05) is 6.54 Å². The fraction of sp³-hybridized carbons (Fsp3) is 0.583. The average molecular weight is 270 g/mol. The number of hydrogen-bond donors (Lipinski definition) is 1. The highest BCUT2D eigenvalue weighted by molar-refractivity contribution is 7.09. The van der Waals surface area contributed by atoms with E-state index in [9.17, 15) is 9.59 Å². The molecule has 1 atom stereocenters. The van der Waals surface area contributed by atoms with Crippen LogP contribution in [0.3, 0.4) is 0 Å². The highest BCUT2D eigenvalue weighted by Gasteiger charge is 2.21. The van der Waals surface area contributed by atoms with Gasteiger partial charge in [0.05, 0.1) is 23.5 Å². The lowest BCUT2D eigenvalue weighted by atomic mass is 10.2. The van der Waals surface area contributed by atoms with E-state index in [2.05, 4.69) is 4.98 Å².